The number of hydrogen-bond acceptors (Lipinski definition) is 2. The number of halogens is 2. The Labute approximate surface area is 98.4 Å². The van der Waals surface area contributed by atoms with Crippen molar-refractivity contribution in [3.63, 3.8) is 0 Å². The van der Waals surface area contributed by atoms with Crippen LogP contribution in [0.3, 0.4) is 0 Å². The molecule has 0 amide bonds. The Bertz CT molecular complexity index is 268. The van der Waals surface area contributed by atoms with Gasteiger partial charge in [-0.1, -0.05) is 6.07 Å². The van der Waals surface area contributed by atoms with Gasteiger partial charge in [-0.2, -0.15) is 0 Å². The standard InChI is InChI=1S/C9H12INO.ClH/c1-7-2-3-9(8(10)6-7)12-5-4-11;/h2-3,6H,4-5,11H2,1H3;1H. The van der Waals surface area contributed by atoms with Crippen LogP contribution in [0, 0.1) is 10.5 Å². The maximum atomic E-state index is 5.41. The van der Waals surface area contributed by atoms with Crippen LogP contribution in [-0.4, -0.2) is 13.2 Å². The van der Waals surface area contributed by atoms with Crippen LogP contribution in [0.5, 0.6) is 5.75 Å². The predicted molar refractivity (Wildman–Crippen MR) is 65.7 cm³/mol. The van der Waals surface area contributed by atoms with Gasteiger partial charge in [0, 0.05) is 6.54 Å². The van der Waals surface area contributed by atoms with Crippen molar-refractivity contribution in [3.05, 3.63) is 27.3 Å². The average molecular weight is 314 g/mol. The third-order valence-corrected chi connectivity index (χ3v) is 2.31. The molecule has 2 N–H and O–H groups in total. The van der Waals surface area contributed by atoms with Crippen molar-refractivity contribution in [1.29, 1.82) is 0 Å². The largest absolute Gasteiger partial charge is 0.491 e. The van der Waals surface area contributed by atoms with E-state index < -0.39 is 0 Å². The lowest BCUT2D eigenvalue weighted by atomic mass is 10.2. The summed E-state index contributed by atoms with van der Waals surface area (Å²) in [6.07, 6.45) is 0. The molecule has 0 bridgehead atoms. The second kappa shape index (κ2) is 6.45. The third-order valence-electron chi connectivity index (χ3n) is 1.46. The number of nitrogens with two attached hydrogens (primary N) is 1. The highest BCUT2D eigenvalue weighted by Crippen LogP contribution is 2.21. The third kappa shape index (κ3) is 4.15. The molecule has 1 aromatic carbocycles. The minimum atomic E-state index is 0. The molecule has 0 spiro atoms. The fourth-order valence-corrected chi connectivity index (χ4v) is 1.72. The first-order valence-electron chi connectivity index (χ1n) is 3.83. The van der Waals surface area contributed by atoms with E-state index in [4.69, 9.17) is 10.5 Å². The fraction of sp³-hybridized carbons (Fsp3) is 0.333. The molecule has 2 nitrogen and oxygen atoms in total. The maximum absolute atomic E-state index is 5.41. The average Bonchev–Trinajstić information content (AvgIpc) is 2.03. The van der Waals surface area contributed by atoms with Crippen LogP contribution in [0.4, 0.5) is 0 Å². The van der Waals surface area contributed by atoms with E-state index in [1.807, 2.05) is 12.1 Å². The second-order valence-corrected chi connectivity index (χ2v) is 3.73. The van der Waals surface area contributed by atoms with Crippen molar-refractivity contribution in [2.24, 2.45) is 5.73 Å². The zero-order valence-corrected chi connectivity index (χ0v) is 10.4. The summed E-state index contributed by atoms with van der Waals surface area (Å²) in [5, 5.41) is 0. The molecule has 74 valence electrons. The van der Waals surface area contributed by atoms with Crippen molar-refractivity contribution >= 4 is 35.0 Å². The first-order valence-corrected chi connectivity index (χ1v) is 4.91. The zero-order chi connectivity index (χ0) is 8.97. The highest BCUT2D eigenvalue weighted by atomic mass is 127. The van der Waals surface area contributed by atoms with E-state index in [9.17, 15) is 0 Å². The summed E-state index contributed by atoms with van der Waals surface area (Å²) in [6.45, 7) is 3.21. The highest BCUT2D eigenvalue weighted by molar-refractivity contribution is 14.1. The van der Waals surface area contributed by atoms with Gasteiger partial charge in [-0.25, -0.2) is 0 Å². The minimum absolute atomic E-state index is 0. The summed E-state index contributed by atoms with van der Waals surface area (Å²) in [5.74, 6) is 0.923. The van der Waals surface area contributed by atoms with E-state index in [0.29, 0.717) is 13.2 Å². The Morgan fingerprint density at radius 2 is 2.15 bits per heavy atom. The number of ether oxygens (including phenoxy) is 1. The molecule has 0 aromatic heterocycles. The molecule has 13 heavy (non-hydrogen) atoms. The molecule has 0 aliphatic heterocycles. The molecule has 0 aliphatic rings. The molecule has 0 atom stereocenters. The quantitative estimate of drug-likeness (QED) is 0.870. The molecule has 1 rings (SSSR count). The van der Waals surface area contributed by atoms with Gasteiger partial charge in [-0.15, -0.1) is 12.4 Å². The Morgan fingerprint density at radius 3 is 2.69 bits per heavy atom. The van der Waals surface area contributed by atoms with Gasteiger partial charge in [0.25, 0.3) is 0 Å². The number of aryl methyl sites for hydroxylation is 1. The Balaban J connectivity index is 0.00000144. The van der Waals surface area contributed by atoms with E-state index in [1.54, 1.807) is 0 Å². The molecule has 0 unspecified atom stereocenters. The van der Waals surface area contributed by atoms with Crippen LogP contribution >= 0.6 is 35.0 Å². The maximum Gasteiger partial charge on any atom is 0.132 e. The molecule has 0 saturated carbocycles. The first-order chi connectivity index (χ1) is 5.74. The SMILES string of the molecule is Cc1ccc(OCCN)c(I)c1.Cl. The van der Waals surface area contributed by atoms with Crippen molar-refractivity contribution in [1.82, 2.24) is 0 Å². The topological polar surface area (TPSA) is 35.2 Å². The molecule has 0 heterocycles. The number of hydrogen-bond donors (Lipinski definition) is 1. The summed E-state index contributed by atoms with van der Waals surface area (Å²) in [4.78, 5) is 0. The van der Waals surface area contributed by atoms with E-state index in [2.05, 4.69) is 35.6 Å². The van der Waals surface area contributed by atoms with Crippen molar-refractivity contribution < 1.29 is 4.74 Å². The van der Waals surface area contributed by atoms with E-state index >= 15 is 0 Å². The van der Waals surface area contributed by atoms with Gasteiger partial charge < -0.3 is 10.5 Å². The minimum Gasteiger partial charge on any atom is -0.491 e. The molecule has 0 fully saturated rings. The Kier molecular flexibility index (Phi) is 6.45. The zero-order valence-electron chi connectivity index (χ0n) is 7.42. The molecule has 4 heteroatoms. The molecule has 0 saturated heterocycles. The van der Waals surface area contributed by atoms with Gasteiger partial charge in [0.05, 0.1) is 3.57 Å². The molecule has 0 radical (unpaired) electrons. The van der Waals surface area contributed by atoms with E-state index in [1.165, 1.54) is 5.56 Å². The van der Waals surface area contributed by atoms with E-state index in [-0.39, 0.29) is 12.4 Å². The van der Waals surface area contributed by atoms with Gasteiger partial charge in [0.2, 0.25) is 0 Å². The van der Waals surface area contributed by atoms with Crippen LogP contribution in [-0.2, 0) is 0 Å². The fourth-order valence-electron chi connectivity index (χ4n) is 0.892. The van der Waals surface area contributed by atoms with Crippen LogP contribution in [0.2, 0.25) is 0 Å². The normalized spacial score (nSPS) is 9.15. The van der Waals surface area contributed by atoms with Crippen LogP contribution in [0.15, 0.2) is 18.2 Å². The Hall–Kier alpha value is -0.0000000000000000555. The smallest absolute Gasteiger partial charge is 0.132 e. The van der Waals surface area contributed by atoms with Crippen molar-refractivity contribution in [2.75, 3.05) is 13.2 Å². The van der Waals surface area contributed by atoms with Gasteiger partial charge in [0.15, 0.2) is 0 Å². The predicted octanol–water partition coefficient (Wildman–Crippen LogP) is 2.36. The lowest BCUT2D eigenvalue weighted by Gasteiger charge is -2.06. The second-order valence-electron chi connectivity index (χ2n) is 2.57. The van der Waals surface area contributed by atoms with Crippen molar-refractivity contribution in [2.45, 2.75) is 6.92 Å². The lowest BCUT2D eigenvalue weighted by Crippen LogP contribution is -2.11. The summed E-state index contributed by atoms with van der Waals surface area (Å²) in [6, 6.07) is 6.10. The van der Waals surface area contributed by atoms with Gasteiger partial charge in [-0.05, 0) is 47.2 Å². The molecule has 1 aromatic rings. The lowest BCUT2D eigenvalue weighted by molar-refractivity contribution is 0.326. The van der Waals surface area contributed by atoms with Gasteiger partial charge in [0.1, 0.15) is 12.4 Å². The van der Waals surface area contributed by atoms with E-state index in [0.717, 1.165) is 9.32 Å². The van der Waals surface area contributed by atoms with Gasteiger partial charge in [-0.3, -0.25) is 0 Å². The van der Waals surface area contributed by atoms with Crippen LogP contribution in [0.25, 0.3) is 0 Å². The molecular weight excluding hydrogens is 300 g/mol. The summed E-state index contributed by atoms with van der Waals surface area (Å²) in [5.41, 5.74) is 6.58. The first kappa shape index (κ1) is 13.0. The van der Waals surface area contributed by atoms with Crippen LogP contribution < -0.4 is 10.5 Å². The monoisotopic (exact) mass is 313 g/mol. The van der Waals surface area contributed by atoms with Crippen LogP contribution in [0.1, 0.15) is 5.56 Å². The number of rotatable bonds is 3. The van der Waals surface area contributed by atoms with Crippen molar-refractivity contribution in [3.8, 4) is 5.75 Å². The summed E-state index contributed by atoms with van der Waals surface area (Å²) >= 11 is 2.26. The summed E-state index contributed by atoms with van der Waals surface area (Å²) < 4.78 is 6.55. The Morgan fingerprint density at radius 1 is 1.46 bits per heavy atom. The molecule has 0 aliphatic carbocycles. The summed E-state index contributed by atoms with van der Waals surface area (Å²) in [7, 11) is 0. The number of benzene rings is 1. The molecular formula is C9H13ClINO. The van der Waals surface area contributed by atoms with Gasteiger partial charge >= 0.3 is 0 Å². The highest BCUT2D eigenvalue weighted by Gasteiger charge is 1.98.